The second-order valence-electron chi connectivity index (χ2n) is 3.59. The van der Waals surface area contributed by atoms with Gasteiger partial charge in [-0.25, -0.2) is 4.98 Å². The van der Waals surface area contributed by atoms with E-state index >= 15 is 0 Å². The molecule has 0 saturated carbocycles. The first-order chi connectivity index (χ1) is 7.67. The molecular formula is C11H18FN3O. The summed E-state index contributed by atoms with van der Waals surface area (Å²) in [5.74, 6) is -0.112. The van der Waals surface area contributed by atoms with Crippen molar-refractivity contribution in [3.05, 3.63) is 12.0 Å². The van der Waals surface area contributed by atoms with Crippen LogP contribution in [0.4, 0.5) is 10.3 Å². The summed E-state index contributed by atoms with van der Waals surface area (Å²) in [5, 5.41) is 2.91. The first-order valence-corrected chi connectivity index (χ1v) is 5.60. The van der Waals surface area contributed by atoms with Gasteiger partial charge >= 0.3 is 0 Å². The number of rotatable bonds is 6. The predicted molar refractivity (Wildman–Crippen MR) is 61.2 cm³/mol. The van der Waals surface area contributed by atoms with Crippen LogP contribution in [0.15, 0.2) is 6.20 Å². The maximum absolute atomic E-state index is 13.3. The lowest BCUT2D eigenvalue weighted by atomic mass is 10.2. The Morgan fingerprint density at radius 3 is 2.88 bits per heavy atom. The van der Waals surface area contributed by atoms with Crippen LogP contribution in [0.25, 0.3) is 0 Å². The summed E-state index contributed by atoms with van der Waals surface area (Å²) in [6.07, 6.45) is 2.95. The molecule has 1 aromatic rings. The number of halogens is 1. The lowest BCUT2D eigenvalue weighted by molar-refractivity contribution is 0.191. The molecule has 1 atom stereocenters. The molecule has 1 N–H and O–H groups in total. The maximum Gasteiger partial charge on any atom is 0.255 e. The van der Waals surface area contributed by atoms with E-state index in [9.17, 15) is 4.39 Å². The van der Waals surface area contributed by atoms with Crippen molar-refractivity contribution in [3.8, 4) is 5.88 Å². The molecule has 16 heavy (non-hydrogen) atoms. The van der Waals surface area contributed by atoms with Crippen LogP contribution in [-0.4, -0.2) is 22.6 Å². The van der Waals surface area contributed by atoms with Crippen molar-refractivity contribution < 1.29 is 9.13 Å². The Hall–Kier alpha value is -1.39. The summed E-state index contributed by atoms with van der Waals surface area (Å²) in [6.45, 7) is 6.57. The molecule has 1 rings (SSSR count). The summed E-state index contributed by atoms with van der Waals surface area (Å²) < 4.78 is 18.7. The zero-order valence-corrected chi connectivity index (χ0v) is 9.96. The van der Waals surface area contributed by atoms with Crippen molar-refractivity contribution in [3.63, 3.8) is 0 Å². The molecule has 0 aliphatic carbocycles. The summed E-state index contributed by atoms with van der Waals surface area (Å²) in [7, 11) is 0. The molecule has 0 aliphatic rings. The molecule has 1 aromatic heterocycles. The van der Waals surface area contributed by atoms with Gasteiger partial charge in [0.25, 0.3) is 5.88 Å². The van der Waals surface area contributed by atoms with Crippen molar-refractivity contribution in [2.75, 3.05) is 11.9 Å². The van der Waals surface area contributed by atoms with Gasteiger partial charge in [-0.2, -0.15) is 9.37 Å². The summed E-state index contributed by atoms with van der Waals surface area (Å²) in [6, 6.07) is 0. The monoisotopic (exact) mass is 227 g/mol. The molecule has 0 aromatic carbocycles. The molecule has 90 valence electrons. The van der Waals surface area contributed by atoms with Crippen molar-refractivity contribution in [2.45, 2.75) is 39.7 Å². The lowest BCUT2D eigenvalue weighted by Gasteiger charge is -2.13. The fourth-order valence-corrected chi connectivity index (χ4v) is 1.33. The van der Waals surface area contributed by atoms with E-state index < -0.39 is 5.82 Å². The van der Waals surface area contributed by atoms with E-state index in [1.165, 1.54) is 0 Å². The zero-order valence-electron chi connectivity index (χ0n) is 9.96. The summed E-state index contributed by atoms with van der Waals surface area (Å²) in [5.41, 5.74) is 0. The molecular weight excluding hydrogens is 209 g/mol. The smallest absolute Gasteiger partial charge is 0.255 e. The molecule has 0 saturated heterocycles. The average Bonchev–Trinajstić information content (AvgIpc) is 2.24. The highest BCUT2D eigenvalue weighted by Gasteiger charge is 2.11. The van der Waals surface area contributed by atoms with Gasteiger partial charge in [-0.1, -0.05) is 13.3 Å². The number of anilines is 1. The van der Waals surface area contributed by atoms with Gasteiger partial charge in [0.1, 0.15) is 0 Å². The van der Waals surface area contributed by atoms with E-state index in [2.05, 4.69) is 22.2 Å². The topological polar surface area (TPSA) is 47.0 Å². The fourth-order valence-electron chi connectivity index (χ4n) is 1.33. The fraction of sp³-hybridized carbons (Fsp3) is 0.636. The third-order valence-corrected chi connectivity index (χ3v) is 2.05. The Labute approximate surface area is 95.3 Å². The molecule has 5 heteroatoms. The van der Waals surface area contributed by atoms with E-state index in [4.69, 9.17) is 4.74 Å². The highest BCUT2D eigenvalue weighted by Crippen LogP contribution is 2.17. The van der Waals surface area contributed by atoms with Crippen LogP contribution in [0.1, 0.15) is 33.6 Å². The molecule has 0 bridgehead atoms. The third kappa shape index (κ3) is 3.64. The van der Waals surface area contributed by atoms with Gasteiger partial charge in [-0.05, 0) is 20.3 Å². The largest absolute Gasteiger partial charge is 0.472 e. The Morgan fingerprint density at radius 1 is 1.50 bits per heavy atom. The van der Waals surface area contributed by atoms with Crippen LogP contribution >= 0.6 is 0 Å². The zero-order chi connectivity index (χ0) is 12.0. The Morgan fingerprint density at radius 2 is 2.25 bits per heavy atom. The van der Waals surface area contributed by atoms with Gasteiger partial charge in [-0.3, -0.25) is 0 Å². The third-order valence-electron chi connectivity index (χ3n) is 2.05. The number of nitrogens with one attached hydrogen (secondary N) is 1. The number of hydrogen-bond donors (Lipinski definition) is 1. The van der Waals surface area contributed by atoms with Crippen LogP contribution in [0.5, 0.6) is 5.88 Å². The van der Waals surface area contributed by atoms with Crippen molar-refractivity contribution in [1.29, 1.82) is 0 Å². The summed E-state index contributed by atoms with van der Waals surface area (Å²) in [4.78, 5) is 7.77. The van der Waals surface area contributed by atoms with Gasteiger partial charge < -0.3 is 10.1 Å². The molecule has 1 heterocycles. The minimum absolute atomic E-state index is 0.0203. The molecule has 0 radical (unpaired) electrons. The normalized spacial score (nSPS) is 12.2. The van der Waals surface area contributed by atoms with E-state index in [0.717, 1.165) is 19.0 Å². The van der Waals surface area contributed by atoms with Gasteiger partial charge in [-0.15, -0.1) is 0 Å². The highest BCUT2D eigenvalue weighted by molar-refractivity contribution is 5.28. The van der Waals surface area contributed by atoms with Crippen molar-refractivity contribution in [1.82, 2.24) is 9.97 Å². The van der Waals surface area contributed by atoms with Crippen LogP contribution < -0.4 is 10.1 Å². The second-order valence-corrected chi connectivity index (χ2v) is 3.59. The summed E-state index contributed by atoms with van der Waals surface area (Å²) >= 11 is 0. The number of hydrogen-bond acceptors (Lipinski definition) is 4. The van der Waals surface area contributed by atoms with Crippen molar-refractivity contribution >= 4 is 5.95 Å². The maximum atomic E-state index is 13.3. The molecule has 0 aliphatic heterocycles. The van der Waals surface area contributed by atoms with E-state index in [0.29, 0.717) is 12.5 Å². The second kappa shape index (κ2) is 6.25. The van der Waals surface area contributed by atoms with E-state index in [1.807, 2.05) is 13.8 Å². The van der Waals surface area contributed by atoms with Crippen LogP contribution in [0.2, 0.25) is 0 Å². The Balaban J connectivity index is 2.73. The molecule has 0 amide bonds. The quantitative estimate of drug-likeness (QED) is 0.811. The van der Waals surface area contributed by atoms with Gasteiger partial charge in [0, 0.05) is 6.54 Å². The standard InChI is InChI=1S/C11H18FN3O/c1-4-6-8(3)16-10-9(12)7-14-11(15-10)13-5-2/h7-8H,4-6H2,1-3H3,(H,13,14,15). The molecule has 0 spiro atoms. The van der Waals surface area contributed by atoms with Gasteiger partial charge in [0.05, 0.1) is 12.3 Å². The SMILES string of the molecule is CCCC(C)Oc1nc(NCC)ncc1F. The van der Waals surface area contributed by atoms with Crippen LogP contribution in [-0.2, 0) is 0 Å². The molecule has 4 nitrogen and oxygen atoms in total. The molecule has 0 fully saturated rings. The van der Waals surface area contributed by atoms with Gasteiger partial charge in [0.2, 0.25) is 11.8 Å². The first-order valence-electron chi connectivity index (χ1n) is 5.60. The highest BCUT2D eigenvalue weighted by atomic mass is 19.1. The Kier molecular flexibility index (Phi) is 4.95. The van der Waals surface area contributed by atoms with Crippen LogP contribution in [0.3, 0.4) is 0 Å². The van der Waals surface area contributed by atoms with E-state index in [1.54, 1.807) is 0 Å². The van der Waals surface area contributed by atoms with E-state index in [-0.39, 0.29) is 12.0 Å². The predicted octanol–water partition coefficient (Wildman–Crippen LogP) is 2.61. The number of nitrogens with zero attached hydrogens (tertiary/aromatic N) is 2. The number of ether oxygens (including phenoxy) is 1. The van der Waals surface area contributed by atoms with Gasteiger partial charge in [0.15, 0.2) is 0 Å². The Bertz CT molecular complexity index is 333. The minimum Gasteiger partial charge on any atom is -0.472 e. The molecule has 1 unspecified atom stereocenters. The first kappa shape index (κ1) is 12.7. The lowest BCUT2D eigenvalue weighted by Crippen LogP contribution is -2.14. The van der Waals surface area contributed by atoms with Crippen LogP contribution in [0, 0.1) is 5.82 Å². The number of aromatic nitrogens is 2. The minimum atomic E-state index is -0.524. The van der Waals surface area contributed by atoms with Crippen molar-refractivity contribution in [2.24, 2.45) is 0 Å². The average molecular weight is 227 g/mol.